The van der Waals surface area contributed by atoms with Gasteiger partial charge in [0.25, 0.3) is 0 Å². The normalized spacial score (nSPS) is 16.3. The van der Waals surface area contributed by atoms with Crippen LogP contribution in [0.25, 0.3) is 0 Å². The van der Waals surface area contributed by atoms with Gasteiger partial charge >= 0.3 is 0 Å². The summed E-state index contributed by atoms with van der Waals surface area (Å²) in [6, 6.07) is 0.261. The van der Waals surface area contributed by atoms with Crippen molar-refractivity contribution in [1.82, 2.24) is 4.90 Å². The first-order valence-corrected chi connectivity index (χ1v) is 5.01. The Labute approximate surface area is 85.7 Å². The fraction of sp³-hybridized carbons (Fsp3) is 1.00. The average molecular weight is 205 g/mol. The predicted molar refractivity (Wildman–Crippen MR) is 56.8 cm³/mol. The van der Waals surface area contributed by atoms with Crippen molar-refractivity contribution in [2.45, 2.75) is 32.1 Å². The van der Waals surface area contributed by atoms with E-state index in [-0.39, 0.29) is 19.1 Å². The van der Waals surface area contributed by atoms with Crippen LogP contribution in [0.4, 0.5) is 0 Å². The third kappa shape index (κ3) is 5.51. The molecule has 0 amide bonds. The molecule has 5 heteroatoms. The lowest BCUT2D eigenvalue weighted by atomic mass is 10.2. The maximum Gasteiger partial charge on any atom is 0.0789 e. The smallest absolute Gasteiger partial charge is 0.0789 e. The van der Waals surface area contributed by atoms with E-state index >= 15 is 0 Å². The number of hydrogen-bond donors (Lipinski definition) is 4. The Kier molecular flexibility index (Phi) is 7.04. The second-order valence-corrected chi connectivity index (χ2v) is 3.83. The quantitative estimate of drug-likeness (QED) is 0.399. The molecule has 6 N–H and O–H groups in total. The molecule has 0 spiro atoms. The number of rotatable bonds is 7. The van der Waals surface area contributed by atoms with Gasteiger partial charge in [0.05, 0.1) is 12.2 Å². The molecule has 0 bridgehead atoms. The summed E-state index contributed by atoms with van der Waals surface area (Å²) in [6.45, 7) is 5.44. The van der Waals surface area contributed by atoms with E-state index in [4.69, 9.17) is 11.5 Å². The summed E-state index contributed by atoms with van der Waals surface area (Å²) >= 11 is 0. The summed E-state index contributed by atoms with van der Waals surface area (Å²) in [5, 5.41) is 18.8. The standard InChI is InChI=1S/C9H23N3O2/c1-7(2)12(5-8(13)3-10)6-9(14)4-11/h7-9,13-14H,3-6,10-11H2,1-2H3. The molecule has 0 aromatic heterocycles. The van der Waals surface area contributed by atoms with Crippen molar-refractivity contribution in [2.24, 2.45) is 11.5 Å². The molecular formula is C9H23N3O2. The first-order chi connectivity index (χ1) is 6.51. The molecule has 2 atom stereocenters. The Hall–Kier alpha value is -0.200. The molecule has 0 aliphatic heterocycles. The fourth-order valence-electron chi connectivity index (χ4n) is 1.19. The van der Waals surface area contributed by atoms with Crippen molar-refractivity contribution in [3.05, 3.63) is 0 Å². The largest absolute Gasteiger partial charge is 0.390 e. The molecule has 0 aliphatic carbocycles. The highest BCUT2D eigenvalue weighted by Gasteiger charge is 2.16. The first kappa shape index (κ1) is 13.8. The monoisotopic (exact) mass is 205 g/mol. The fourth-order valence-corrected chi connectivity index (χ4v) is 1.19. The van der Waals surface area contributed by atoms with Gasteiger partial charge in [-0.15, -0.1) is 0 Å². The van der Waals surface area contributed by atoms with Crippen molar-refractivity contribution in [3.8, 4) is 0 Å². The first-order valence-electron chi connectivity index (χ1n) is 5.01. The maximum atomic E-state index is 9.38. The summed E-state index contributed by atoms with van der Waals surface area (Å²) in [4.78, 5) is 1.97. The molecule has 0 fully saturated rings. The van der Waals surface area contributed by atoms with Crippen LogP contribution in [-0.2, 0) is 0 Å². The number of aliphatic hydroxyl groups excluding tert-OH is 2. The van der Waals surface area contributed by atoms with Gasteiger partial charge < -0.3 is 21.7 Å². The van der Waals surface area contributed by atoms with Crippen LogP contribution >= 0.6 is 0 Å². The molecule has 0 saturated carbocycles. The Balaban J connectivity index is 4.02. The van der Waals surface area contributed by atoms with Crippen LogP contribution in [0.15, 0.2) is 0 Å². The van der Waals surface area contributed by atoms with Crippen LogP contribution in [0, 0.1) is 0 Å². The zero-order chi connectivity index (χ0) is 11.1. The molecule has 86 valence electrons. The molecular weight excluding hydrogens is 182 g/mol. The van der Waals surface area contributed by atoms with Crippen molar-refractivity contribution in [2.75, 3.05) is 26.2 Å². The van der Waals surface area contributed by atoms with E-state index in [0.29, 0.717) is 13.1 Å². The van der Waals surface area contributed by atoms with Gasteiger partial charge in [-0.1, -0.05) is 0 Å². The van der Waals surface area contributed by atoms with Crippen LogP contribution < -0.4 is 11.5 Å². The van der Waals surface area contributed by atoms with Crippen LogP contribution in [-0.4, -0.2) is 59.5 Å². The topological polar surface area (TPSA) is 95.7 Å². The molecule has 0 rings (SSSR count). The highest BCUT2D eigenvalue weighted by atomic mass is 16.3. The lowest BCUT2D eigenvalue weighted by Crippen LogP contribution is -2.45. The molecule has 5 nitrogen and oxygen atoms in total. The van der Waals surface area contributed by atoms with E-state index in [1.165, 1.54) is 0 Å². The Morgan fingerprint density at radius 2 is 1.36 bits per heavy atom. The van der Waals surface area contributed by atoms with E-state index in [9.17, 15) is 10.2 Å². The zero-order valence-electron chi connectivity index (χ0n) is 9.06. The minimum absolute atomic E-state index is 0.238. The summed E-state index contributed by atoms with van der Waals surface area (Å²) in [7, 11) is 0. The Morgan fingerprint density at radius 3 is 1.57 bits per heavy atom. The summed E-state index contributed by atoms with van der Waals surface area (Å²) in [5.41, 5.74) is 10.6. The lowest BCUT2D eigenvalue weighted by molar-refractivity contribution is 0.0589. The van der Waals surface area contributed by atoms with Crippen molar-refractivity contribution < 1.29 is 10.2 Å². The average Bonchev–Trinajstić information content (AvgIpc) is 2.16. The second-order valence-electron chi connectivity index (χ2n) is 3.83. The van der Waals surface area contributed by atoms with E-state index in [1.807, 2.05) is 18.7 Å². The van der Waals surface area contributed by atoms with Crippen LogP contribution in [0.3, 0.4) is 0 Å². The van der Waals surface area contributed by atoms with Gasteiger partial charge in [0, 0.05) is 32.2 Å². The summed E-state index contributed by atoms with van der Waals surface area (Å²) in [6.07, 6.45) is -1.08. The van der Waals surface area contributed by atoms with Gasteiger partial charge in [-0.3, -0.25) is 4.90 Å². The molecule has 0 radical (unpaired) electrons. The van der Waals surface area contributed by atoms with Crippen LogP contribution in [0.1, 0.15) is 13.8 Å². The van der Waals surface area contributed by atoms with Gasteiger partial charge in [0.2, 0.25) is 0 Å². The van der Waals surface area contributed by atoms with Crippen molar-refractivity contribution in [3.63, 3.8) is 0 Å². The Morgan fingerprint density at radius 1 is 1.00 bits per heavy atom. The molecule has 0 aromatic rings. The van der Waals surface area contributed by atoms with Gasteiger partial charge in [-0.05, 0) is 13.8 Å². The minimum atomic E-state index is -0.539. The van der Waals surface area contributed by atoms with Gasteiger partial charge in [0.15, 0.2) is 0 Å². The zero-order valence-corrected chi connectivity index (χ0v) is 9.06. The number of nitrogens with two attached hydrogens (primary N) is 2. The summed E-state index contributed by atoms with van der Waals surface area (Å²) in [5.74, 6) is 0. The van der Waals surface area contributed by atoms with E-state index < -0.39 is 12.2 Å². The van der Waals surface area contributed by atoms with E-state index in [1.54, 1.807) is 0 Å². The third-order valence-electron chi connectivity index (χ3n) is 2.16. The van der Waals surface area contributed by atoms with E-state index in [2.05, 4.69) is 0 Å². The van der Waals surface area contributed by atoms with Gasteiger partial charge in [-0.2, -0.15) is 0 Å². The molecule has 2 unspecified atom stereocenters. The second kappa shape index (κ2) is 7.14. The predicted octanol–water partition coefficient (Wildman–Crippen LogP) is -1.66. The Bertz CT molecular complexity index is 132. The SMILES string of the molecule is CC(C)N(CC(O)CN)CC(O)CN. The number of hydrogen-bond acceptors (Lipinski definition) is 5. The maximum absolute atomic E-state index is 9.38. The third-order valence-corrected chi connectivity index (χ3v) is 2.16. The van der Waals surface area contributed by atoms with Crippen LogP contribution in [0.5, 0.6) is 0 Å². The van der Waals surface area contributed by atoms with Gasteiger partial charge in [-0.25, -0.2) is 0 Å². The molecule has 0 aliphatic rings. The summed E-state index contributed by atoms with van der Waals surface area (Å²) < 4.78 is 0. The minimum Gasteiger partial charge on any atom is -0.390 e. The highest BCUT2D eigenvalue weighted by Crippen LogP contribution is 2.01. The molecule has 0 aromatic carbocycles. The number of nitrogens with zero attached hydrogens (tertiary/aromatic N) is 1. The van der Waals surface area contributed by atoms with Crippen LogP contribution in [0.2, 0.25) is 0 Å². The van der Waals surface area contributed by atoms with Crippen molar-refractivity contribution >= 4 is 0 Å². The lowest BCUT2D eigenvalue weighted by Gasteiger charge is -2.29. The highest BCUT2D eigenvalue weighted by molar-refractivity contribution is 4.72. The molecule has 0 saturated heterocycles. The number of aliphatic hydroxyl groups is 2. The molecule has 14 heavy (non-hydrogen) atoms. The van der Waals surface area contributed by atoms with Crippen molar-refractivity contribution in [1.29, 1.82) is 0 Å². The van der Waals surface area contributed by atoms with E-state index in [0.717, 1.165) is 0 Å². The molecule has 0 heterocycles. The van der Waals surface area contributed by atoms with Gasteiger partial charge in [0.1, 0.15) is 0 Å².